The lowest BCUT2D eigenvalue weighted by atomic mass is 9.79. The average molecular weight is 302 g/mol. The molecule has 1 saturated carbocycles. The van der Waals surface area contributed by atoms with Crippen LogP contribution in [0.15, 0.2) is 18.3 Å². The van der Waals surface area contributed by atoms with Crippen molar-refractivity contribution in [3.63, 3.8) is 0 Å². The third-order valence-corrected chi connectivity index (χ3v) is 3.87. The Kier molecular flexibility index (Phi) is 4.69. The number of carboxylic acid groups (broad SMARTS) is 1. The fourth-order valence-electron chi connectivity index (χ4n) is 2.78. The van der Waals surface area contributed by atoms with Crippen molar-refractivity contribution in [1.82, 2.24) is 4.98 Å². The number of hydrogen-bond acceptors (Lipinski definition) is 3. The molecule has 21 heavy (non-hydrogen) atoms. The molecule has 2 rings (SSSR count). The number of anilines is 1. The number of rotatable bonds is 4. The SMILES string of the molecule is O=C(O)C1CCCCC1CNc1ncccc1C(F)(F)F. The molecule has 116 valence electrons. The van der Waals surface area contributed by atoms with Gasteiger partial charge in [0.25, 0.3) is 0 Å². The fourth-order valence-corrected chi connectivity index (χ4v) is 2.78. The molecule has 1 heterocycles. The standard InChI is InChI=1S/C14H17F3N2O2/c15-14(16,17)11-6-3-7-18-12(11)19-8-9-4-1-2-5-10(9)13(20)21/h3,6-7,9-10H,1-2,4-5,8H2,(H,18,19)(H,20,21). The highest BCUT2D eigenvalue weighted by Crippen LogP contribution is 2.35. The molecule has 1 aromatic heterocycles. The van der Waals surface area contributed by atoms with Crippen molar-refractivity contribution in [2.45, 2.75) is 31.9 Å². The lowest BCUT2D eigenvalue weighted by Gasteiger charge is -2.29. The smallest absolute Gasteiger partial charge is 0.419 e. The monoisotopic (exact) mass is 302 g/mol. The van der Waals surface area contributed by atoms with Gasteiger partial charge >= 0.3 is 12.1 Å². The largest absolute Gasteiger partial charge is 0.481 e. The number of carbonyl (C=O) groups is 1. The zero-order valence-electron chi connectivity index (χ0n) is 11.4. The highest BCUT2D eigenvalue weighted by molar-refractivity contribution is 5.70. The van der Waals surface area contributed by atoms with Crippen molar-refractivity contribution in [3.05, 3.63) is 23.9 Å². The Morgan fingerprint density at radius 2 is 2.10 bits per heavy atom. The molecule has 0 bridgehead atoms. The van der Waals surface area contributed by atoms with Crippen LogP contribution in [0.1, 0.15) is 31.2 Å². The van der Waals surface area contributed by atoms with E-state index < -0.39 is 23.6 Å². The number of pyridine rings is 1. The van der Waals surface area contributed by atoms with Crippen molar-refractivity contribution in [3.8, 4) is 0 Å². The van der Waals surface area contributed by atoms with Crippen LogP contribution in [-0.4, -0.2) is 22.6 Å². The van der Waals surface area contributed by atoms with Gasteiger partial charge in [-0.3, -0.25) is 4.79 Å². The molecule has 0 aliphatic heterocycles. The van der Waals surface area contributed by atoms with Crippen LogP contribution < -0.4 is 5.32 Å². The van der Waals surface area contributed by atoms with Gasteiger partial charge in [0.05, 0.1) is 11.5 Å². The highest BCUT2D eigenvalue weighted by Gasteiger charge is 2.35. The summed E-state index contributed by atoms with van der Waals surface area (Å²) in [6.45, 7) is 0.192. The lowest BCUT2D eigenvalue weighted by molar-refractivity contribution is -0.144. The molecular weight excluding hydrogens is 285 g/mol. The predicted molar refractivity (Wildman–Crippen MR) is 70.8 cm³/mol. The van der Waals surface area contributed by atoms with E-state index in [1.807, 2.05) is 0 Å². The highest BCUT2D eigenvalue weighted by atomic mass is 19.4. The maximum Gasteiger partial charge on any atom is 0.419 e. The van der Waals surface area contributed by atoms with Gasteiger partial charge in [-0.25, -0.2) is 4.98 Å². The summed E-state index contributed by atoms with van der Waals surface area (Å²) in [5, 5.41) is 11.8. The molecule has 4 nitrogen and oxygen atoms in total. The molecule has 1 aliphatic carbocycles. The first-order valence-corrected chi connectivity index (χ1v) is 6.88. The van der Waals surface area contributed by atoms with Gasteiger partial charge in [-0.1, -0.05) is 12.8 Å². The van der Waals surface area contributed by atoms with E-state index in [1.165, 1.54) is 12.3 Å². The summed E-state index contributed by atoms with van der Waals surface area (Å²) in [6, 6.07) is 2.19. The van der Waals surface area contributed by atoms with Crippen LogP contribution in [0.4, 0.5) is 19.0 Å². The molecule has 1 aromatic rings. The number of aromatic nitrogens is 1. The third-order valence-electron chi connectivity index (χ3n) is 3.87. The van der Waals surface area contributed by atoms with Gasteiger partial charge < -0.3 is 10.4 Å². The summed E-state index contributed by atoms with van der Waals surface area (Å²) in [7, 11) is 0. The minimum Gasteiger partial charge on any atom is -0.481 e. The van der Waals surface area contributed by atoms with Crippen molar-refractivity contribution in [2.75, 3.05) is 11.9 Å². The number of nitrogens with zero attached hydrogens (tertiary/aromatic N) is 1. The van der Waals surface area contributed by atoms with Crippen molar-refractivity contribution in [1.29, 1.82) is 0 Å². The number of alkyl halides is 3. The van der Waals surface area contributed by atoms with Crippen LogP contribution in [0.5, 0.6) is 0 Å². The first-order chi connectivity index (χ1) is 9.89. The van der Waals surface area contributed by atoms with E-state index in [9.17, 15) is 18.0 Å². The molecule has 2 unspecified atom stereocenters. The van der Waals surface area contributed by atoms with E-state index >= 15 is 0 Å². The molecular formula is C14H17F3N2O2. The second kappa shape index (κ2) is 6.32. The van der Waals surface area contributed by atoms with Crippen LogP contribution in [0.3, 0.4) is 0 Å². The minimum atomic E-state index is -4.48. The first kappa shape index (κ1) is 15.6. The van der Waals surface area contributed by atoms with Gasteiger partial charge in [-0.05, 0) is 30.9 Å². The second-order valence-corrected chi connectivity index (χ2v) is 5.27. The van der Waals surface area contributed by atoms with Gasteiger partial charge in [0.15, 0.2) is 0 Å². The molecule has 2 N–H and O–H groups in total. The molecule has 0 radical (unpaired) electrons. The normalized spacial score (nSPS) is 22.8. The van der Waals surface area contributed by atoms with Gasteiger partial charge in [0.2, 0.25) is 0 Å². The number of aliphatic carboxylic acids is 1. The number of hydrogen-bond donors (Lipinski definition) is 2. The summed E-state index contributed by atoms with van der Waals surface area (Å²) in [5.41, 5.74) is -0.826. The van der Waals surface area contributed by atoms with Crippen LogP contribution in [0.25, 0.3) is 0 Å². The van der Waals surface area contributed by atoms with Gasteiger partial charge in [-0.2, -0.15) is 13.2 Å². The Morgan fingerprint density at radius 1 is 1.38 bits per heavy atom. The Bertz CT molecular complexity index is 505. The van der Waals surface area contributed by atoms with Gasteiger partial charge in [-0.15, -0.1) is 0 Å². The van der Waals surface area contributed by atoms with E-state index in [0.717, 1.165) is 18.9 Å². The van der Waals surface area contributed by atoms with E-state index in [4.69, 9.17) is 5.11 Å². The zero-order valence-corrected chi connectivity index (χ0v) is 11.4. The molecule has 0 aromatic carbocycles. The first-order valence-electron chi connectivity index (χ1n) is 6.88. The Hall–Kier alpha value is -1.79. The second-order valence-electron chi connectivity index (χ2n) is 5.27. The van der Waals surface area contributed by atoms with E-state index in [0.29, 0.717) is 12.8 Å². The Labute approximate surface area is 120 Å². The predicted octanol–water partition coefficient (Wildman–Crippen LogP) is 3.40. The van der Waals surface area contributed by atoms with Crippen LogP contribution in [0, 0.1) is 11.8 Å². The Morgan fingerprint density at radius 3 is 2.76 bits per heavy atom. The van der Waals surface area contributed by atoms with Crippen molar-refractivity contribution in [2.24, 2.45) is 11.8 Å². The fraction of sp³-hybridized carbons (Fsp3) is 0.571. The van der Waals surface area contributed by atoms with E-state index in [-0.39, 0.29) is 18.3 Å². The van der Waals surface area contributed by atoms with Gasteiger partial charge in [0, 0.05) is 12.7 Å². The van der Waals surface area contributed by atoms with Crippen molar-refractivity contribution < 1.29 is 23.1 Å². The number of halogens is 3. The quantitative estimate of drug-likeness (QED) is 0.895. The number of carboxylic acids is 1. The van der Waals surface area contributed by atoms with Crippen LogP contribution >= 0.6 is 0 Å². The van der Waals surface area contributed by atoms with Crippen LogP contribution in [-0.2, 0) is 11.0 Å². The molecule has 0 saturated heterocycles. The molecule has 1 aliphatic rings. The lowest BCUT2D eigenvalue weighted by Crippen LogP contribution is -2.32. The van der Waals surface area contributed by atoms with Crippen molar-refractivity contribution >= 4 is 11.8 Å². The molecule has 7 heteroatoms. The zero-order chi connectivity index (χ0) is 15.5. The minimum absolute atomic E-state index is 0.167. The summed E-state index contributed by atoms with van der Waals surface area (Å²) in [5.74, 6) is -1.78. The maximum absolute atomic E-state index is 12.8. The number of nitrogens with one attached hydrogen (secondary N) is 1. The molecule has 1 fully saturated rings. The topological polar surface area (TPSA) is 62.2 Å². The van der Waals surface area contributed by atoms with E-state index in [2.05, 4.69) is 10.3 Å². The average Bonchev–Trinajstić information content (AvgIpc) is 2.44. The molecule has 0 spiro atoms. The summed E-state index contributed by atoms with van der Waals surface area (Å²) >= 11 is 0. The molecule has 0 amide bonds. The van der Waals surface area contributed by atoms with Crippen LogP contribution in [0.2, 0.25) is 0 Å². The maximum atomic E-state index is 12.8. The van der Waals surface area contributed by atoms with E-state index in [1.54, 1.807) is 0 Å². The van der Waals surface area contributed by atoms with Gasteiger partial charge in [0.1, 0.15) is 5.82 Å². The molecule has 2 atom stereocenters. The third kappa shape index (κ3) is 3.86. The Balaban J connectivity index is 2.07. The summed E-state index contributed by atoms with van der Waals surface area (Å²) in [4.78, 5) is 14.9. The summed E-state index contributed by atoms with van der Waals surface area (Å²) in [6.07, 6.45) is -0.147. The summed E-state index contributed by atoms with van der Waals surface area (Å²) < 4.78 is 38.5.